The van der Waals surface area contributed by atoms with Crippen LogP contribution < -0.4 is 5.32 Å². The van der Waals surface area contributed by atoms with Gasteiger partial charge >= 0.3 is 0 Å². The van der Waals surface area contributed by atoms with Gasteiger partial charge in [-0.15, -0.1) is 0 Å². The molecular formula is C19H21ClN4OS. The highest BCUT2D eigenvalue weighted by atomic mass is 35.5. The molecule has 5 nitrogen and oxygen atoms in total. The smallest absolute Gasteiger partial charge is 0.233 e. The number of hydrogen-bond acceptors (Lipinski definition) is 4. The number of carbonyl (C=O) groups excluding carboxylic acids is 1. The van der Waals surface area contributed by atoms with Crippen molar-refractivity contribution in [3.63, 3.8) is 0 Å². The average molecular weight is 389 g/mol. The first-order valence-electron chi connectivity index (χ1n) is 8.57. The first-order chi connectivity index (χ1) is 12.6. The number of hydrogen-bond donors (Lipinski definition) is 2. The SMILES string of the molecule is CC[C@@H](CNC(=O)[C@@H](C)Sc1nc2ncc(Cl)cc2[nH]1)c1ccccc1. The van der Waals surface area contributed by atoms with Crippen LogP contribution >= 0.6 is 23.4 Å². The number of pyridine rings is 1. The molecule has 0 aliphatic rings. The topological polar surface area (TPSA) is 70.7 Å². The fourth-order valence-corrected chi connectivity index (χ4v) is 3.71. The maximum Gasteiger partial charge on any atom is 0.233 e. The van der Waals surface area contributed by atoms with Crippen LogP contribution in [0.5, 0.6) is 0 Å². The highest BCUT2D eigenvalue weighted by molar-refractivity contribution is 8.00. The number of nitrogens with zero attached hydrogens (tertiary/aromatic N) is 2. The second-order valence-electron chi connectivity index (χ2n) is 6.09. The van der Waals surface area contributed by atoms with Crippen molar-refractivity contribution in [2.24, 2.45) is 0 Å². The van der Waals surface area contributed by atoms with Crippen LogP contribution in [-0.2, 0) is 4.79 Å². The minimum atomic E-state index is -0.265. The lowest BCUT2D eigenvalue weighted by Crippen LogP contribution is -2.34. The van der Waals surface area contributed by atoms with Gasteiger partial charge in [-0.3, -0.25) is 4.79 Å². The van der Waals surface area contributed by atoms with E-state index in [4.69, 9.17) is 11.6 Å². The molecule has 0 radical (unpaired) electrons. The number of aromatic nitrogens is 3. The van der Waals surface area contributed by atoms with Gasteiger partial charge in [-0.2, -0.15) is 0 Å². The number of aromatic amines is 1. The Morgan fingerprint density at radius 1 is 1.35 bits per heavy atom. The van der Waals surface area contributed by atoms with Crippen molar-refractivity contribution in [1.82, 2.24) is 20.3 Å². The summed E-state index contributed by atoms with van der Waals surface area (Å²) in [6.45, 7) is 4.63. The summed E-state index contributed by atoms with van der Waals surface area (Å²) in [6.07, 6.45) is 2.53. The number of imidazole rings is 1. The molecule has 3 aromatic rings. The average Bonchev–Trinajstić information content (AvgIpc) is 3.04. The van der Waals surface area contributed by atoms with Gasteiger partial charge < -0.3 is 10.3 Å². The maximum atomic E-state index is 12.5. The molecule has 26 heavy (non-hydrogen) atoms. The van der Waals surface area contributed by atoms with Gasteiger partial charge in [-0.25, -0.2) is 9.97 Å². The predicted octanol–water partition coefficient (Wildman–Crippen LogP) is 4.40. The summed E-state index contributed by atoms with van der Waals surface area (Å²) < 4.78 is 0. The minimum absolute atomic E-state index is 0.00386. The molecule has 0 aliphatic heterocycles. The largest absolute Gasteiger partial charge is 0.355 e. The Kier molecular flexibility index (Phi) is 6.16. The van der Waals surface area contributed by atoms with Gasteiger partial charge in [0.2, 0.25) is 5.91 Å². The molecule has 2 N–H and O–H groups in total. The van der Waals surface area contributed by atoms with Crippen LogP contribution in [-0.4, -0.2) is 32.7 Å². The zero-order chi connectivity index (χ0) is 18.5. The summed E-state index contributed by atoms with van der Waals surface area (Å²) >= 11 is 7.31. The number of amides is 1. The van der Waals surface area contributed by atoms with E-state index < -0.39 is 0 Å². The second kappa shape index (κ2) is 8.56. The quantitative estimate of drug-likeness (QED) is 0.588. The molecule has 2 aromatic heterocycles. The lowest BCUT2D eigenvalue weighted by Gasteiger charge is -2.17. The van der Waals surface area contributed by atoms with Crippen LogP contribution in [0.15, 0.2) is 47.8 Å². The lowest BCUT2D eigenvalue weighted by molar-refractivity contribution is -0.120. The van der Waals surface area contributed by atoms with E-state index in [-0.39, 0.29) is 11.2 Å². The molecule has 2 atom stereocenters. The highest BCUT2D eigenvalue weighted by Gasteiger charge is 2.18. The second-order valence-corrected chi connectivity index (χ2v) is 7.85. The van der Waals surface area contributed by atoms with Crippen LogP contribution in [0, 0.1) is 0 Å². The maximum absolute atomic E-state index is 12.5. The lowest BCUT2D eigenvalue weighted by atomic mass is 9.96. The first-order valence-corrected chi connectivity index (χ1v) is 9.83. The predicted molar refractivity (Wildman–Crippen MR) is 107 cm³/mol. The number of H-pyrrole nitrogens is 1. The third-order valence-corrected chi connectivity index (χ3v) is 5.42. The standard InChI is InChI=1S/C19H21ClN4OS/c1-3-13(14-7-5-4-6-8-14)10-22-18(25)12(2)26-19-23-16-9-15(20)11-21-17(16)24-19/h4-9,11-13H,3,10H2,1-2H3,(H,22,25)(H,21,23,24)/t12-,13+/m1/s1. The highest BCUT2D eigenvalue weighted by Crippen LogP contribution is 2.24. The van der Waals surface area contributed by atoms with Crippen LogP contribution in [0.4, 0.5) is 0 Å². The molecule has 0 saturated heterocycles. The number of nitrogens with one attached hydrogen (secondary N) is 2. The Morgan fingerprint density at radius 2 is 2.12 bits per heavy atom. The van der Waals surface area contributed by atoms with Gasteiger partial charge in [-0.1, -0.05) is 60.6 Å². The van der Waals surface area contributed by atoms with Gasteiger partial charge in [0.25, 0.3) is 0 Å². The van der Waals surface area contributed by atoms with E-state index in [1.165, 1.54) is 17.3 Å². The molecule has 1 amide bonds. The van der Waals surface area contributed by atoms with Crippen molar-refractivity contribution in [3.8, 4) is 0 Å². The molecule has 7 heteroatoms. The molecule has 136 valence electrons. The fourth-order valence-electron chi connectivity index (χ4n) is 2.72. The molecule has 3 rings (SSSR count). The molecule has 0 spiro atoms. The molecule has 0 fully saturated rings. The molecule has 0 unspecified atom stereocenters. The molecular weight excluding hydrogens is 368 g/mol. The molecule has 0 bridgehead atoms. The normalized spacial score (nSPS) is 13.5. The Hall–Kier alpha value is -2.05. The van der Waals surface area contributed by atoms with Gasteiger partial charge in [0, 0.05) is 18.7 Å². The minimum Gasteiger partial charge on any atom is -0.355 e. The van der Waals surface area contributed by atoms with Crippen LogP contribution in [0.25, 0.3) is 11.2 Å². The van der Waals surface area contributed by atoms with Crippen molar-refractivity contribution in [2.75, 3.05) is 6.54 Å². The Morgan fingerprint density at radius 3 is 2.85 bits per heavy atom. The Bertz CT molecular complexity index is 884. The number of carbonyl (C=O) groups is 1. The van der Waals surface area contributed by atoms with Gasteiger partial charge in [-0.05, 0) is 25.0 Å². The monoisotopic (exact) mass is 388 g/mol. The van der Waals surface area contributed by atoms with Gasteiger partial charge in [0.05, 0.1) is 15.8 Å². The van der Waals surface area contributed by atoms with E-state index in [1.54, 1.807) is 12.3 Å². The summed E-state index contributed by atoms with van der Waals surface area (Å²) in [5.74, 6) is 0.311. The van der Waals surface area contributed by atoms with Crippen molar-refractivity contribution in [1.29, 1.82) is 0 Å². The number of halogens is 1. The van der Waals surface area contributed by atoms with E-state index in [9.17, 15) is 4.79 Å². The van der Waals surface area contributed by atoms with Crippen molar-refractivity contribution in [3.05, 3.63) is 53.2 Å². The summed E-state index contributed by atoms with van der Waals surface area (Å²) in [5, 5.41) is 4.00. The van der Waals surface area contributed by atoms with Crippen LogP contribution in [0.1, 0.15) is 31.7 Å². The number of fused-ring (bicyclic) bond motifs is 1. The van der Waals surface area contributed by atoms with Crippen molar-refractivity contribution < 1.29 is 4.79 Å². The van der Waals surface area contributed by atoms with E-state index in [0.717, 1.165) is 11.9 Å². The zero-order valence-electron chi connectivity index (χ0n) is 14.7. The van der Waals surface area contributed by atoms with E-state index in [0.29, 0.717) is 28.3 Å². The van der Waals surface area contributed by atoms with E-state index >= 15 is 0 Å². The van der Waals surface area contributed by atoms with Crippen molar-refractivity contribution in [2.45, 2.75) is 36.6 Å². The van der Waals surface area contributed by atoms with Gasteiger partial charge in [0.15, 0.2) is 10.8 Å². The summed E-state index contributed by atoms with van der Waals surface area (Å²) in [6, 6.07) is 12.0. The first kappa shape index (κ1) is 18.7. The summed E-state index contributed by atoms with van der Waals surface area (Å²) in [5.41, 5.74) is 2.61. The summed E-state index contributed by atoms with van der Waals surface area (Å²) in [7, 11) is 0. The fraction of sp³-hybridized carbons (Fsp3) is 0.316. The van der Waals surface area contributed by atoms with E-state index in [2.05, 4.69) is 39.3 Å². The molecule has 0 aliphatic carbocycles. The van der Waals surface area contributed by atoms with E-state index in [1.807, 2.05) is 25.1 Å². The summed E-state index contributed by atoms with van der Waals surface area (Å²) in [4.78, 5) is 24.2. The third kappa shape index (κ3) is 4.56. The molecule has 1 aromatic carbocycles. The van der Waals surface area contributed by atoms with Gasteiger partial charge in [0.1, 0.15) is 0 Å². The molecule has 2 heterocycles. The van der Waals surface area contributed by atoms with Crippen LogP contribution in [0.3, 0.4) is 0 Å². The molecule has 0 saturated carbocycles. The number of rotatable bonds is 7. The third-order valence-electron chi connectivity index (χ3n) is 4.23. The van der Waals surface area contributed by atoms with Crippen LogP contribution in [0.2, 0.25) is 5.02 Å². The Balaban J connectivity index is 1.58. The van der Waals surface area contributed by atoms with Crippen molar-refractivity contribution >= 4 is 40.4 Å². The number of thioether (sulfide) groups is 1. The Labute approximate surface area is 162 Å². The zero-order valence-corrected chi connectivity index (χ0v) is 16.3. The number of benzene rings is 1.